The summed E-state index contributed by atoms with van der Waals surface area (Å²) >= 11 is 0. The minimum absolute atomic E-state index is 0.0175. The predicted octanol–water partition coefficient (Wildman–Crippen LogP) is 2.33. The summed E-state index contributed by atoms with van der Waals surface area (Å²) in [7, 11) is 3.41. The van der Waals surface area contributed by atoms with E-state index in [0.717, 1.165) is 12.0 Å². The van der Waals surface area contributed by atoms with Gasteiger partial charge in [0.25, 0.3) is 0 Å². The summed E-state index contributed by atoms with van der Waals surface area (Å²) in [6, 6.07) is 10.1. The molecule has 0 N–H and O–H groups in total. The molecule has 0 spiro atoms. The second-order valence-electron chi connectivity index (χ2n) is 4.27. The molecule has 0 bridgehead atoms. The first kappa shape index (κ1) is 13.2. The molecule has 0 radical (unpaired) electrons. The molecule has 0 aliphatic heterocycles. The number of hydrogen-bond acceptors (Lipinski definition) is 2. The number of carbonyl (C=O) groups excluding carboxylic acids is 1. The second-order valence-corrected chi connectivity index (χ2v) is 4.27. The molecule has 1 aromatic rings. The van der Waals surface area contributed by atoms with Crippen molar-refractivity contribution in [3.8, 4) is 6.07 Å². The van der Waals surface area contributed by atoms with Crippen LogP contribution in [0.4, 0.5) is 0 Å². The van der Waals surface area contributed by atoms with Gasteiger partial charge < -0.3 is 4.90 Å². The van der Waals surface area contributed by atoms with E-state index in [2.05, 4.69) is 13.0 Å². The number of rotatable bonds is 4. The Bertz CT molecular complexity index is 415. The van der Waals surface area contributed by atoms with Crippen molar-refractivity contribution in [1.82, 2.24) is 4.90 Å². The summed E-state index contributed by atoms with van der Waals surface area (Å²) in [5, 5.41) is 9.12. The van der Waals surface area contributed by atoms with Crippen LogP contribution in [0.25, 0.3) is 0 Å². The van der Waals surface area contributed by atoms with Crippen molar-refractivity contribution < 1.29 is 4.79 Å². The quantitative estimate of drug-likeness (QED) is 0.796. The van der Waals surface area contributed by atoms with Gasteiger partial charge in [-0.1, -0.05) is 31.2 Å². The summed E-state index contributed by atoms with van der Waals surface area (Å²) in [4.78, 5) is 13.1. The van der Waals surface area contributed by atoms with Crippen molar-refractivity contribution in [2.24, 2.45) is 0 Å². The number of amides is 1. The Hall–Kier alpha value is -1.82. The Labute approximate surface area is 103 Å². The van der Waals surface area contributed by atoms with Crippen LogP contribution in [-0.2, 0) is 11.2 Å². The highest BCUT2D eigenvalue weighted by atomic mass is 16.2. The largest absolute Gasteiger partial charge is 0.349 e. The topological polar surface area (TPSA) is 44.1 Å². The molecular formula is C14H18N2O. The standard InChI is InChI=1S/C14H18N2O/c1-4-11-5-7-12(8-6-11)13(10-15)9-14(17)16(2)3/h5-8,13H,4,9H2,1-3H3. The maximum atomic E-state index is 11.6. The zero-order valence-corrected chi connectivity index (χ0v) is 10.6. The van der Waals surface area contributed by atoms with Crippen molar-refractivity contribution in [2.75, 3.05) is 14.1 Å². The van der Waals surface area contributed by atoms with E-state index in [9.17, 15) is 4.79 Å². The molecule has 0 aliphatic rings. The van der Waals surface area contributed by atoms with Crippen LogP contribution in [0, 0.1) is 11.3 Å². The van der Waals surface area contributed by atoms with Crippen LogP contribution in [0.1, 0.15) is 30.4 Å². The van der Waals surface area contributed by atoms with Crippen LogP contribution < -0.4 is 0 Å². The third kappa shape index (κ3) is 3.60. The van der Waals surface area contributed by atoms with Gasteiger partial charge in [0, 0.05) is 20.5 Å². The molecule has 90 valence electrons. The molecule has 1 unspecified atom stereocenters. The molecule has 0 saturated heterocycles. The average Bonchev–Trinajstić information content (AvgIpc) is 2.35. The van der Waals surface area contributed by atoms with Gasteiger partial charge in [0.05, 0.1) is 12.0 Å². The molecule has 0 aromatic heterocycles. The molecule has 3 nitrogen and oxygen atoms in total. The first-order valence-electron chi connectivity index (χ1n) is 5.77. The third-order valence-corrected chi connectivity index (χ3v) is 2.82. The van der Waals surface area contributed by atoms with Gasteiger partial charge >= 0.3 is 0 Å². The smallest absolute Gasteiger partial charge is 0.223 e. The molecule has 0 heterocycles. The Morgan fingerprint density at radius 3 is 2.35 bits per heavy atom. The van der Waals surface area contributed by atoms with Crippen molar-refractivity contribution in [3.05, 3.63) is 35.4 Å². The number of nitriles is 1. The van der Waals surface area contributed by atoms with Gasteiger partial charge in [-0.2, -0.15) is 5.26 Å². The number of hydrogen-bond donors (Lipinski definition) is 0. The minimum atomic E-state index is -0.351. The lowest BCUT2D eigenvalue weighted by Crippen LogP contribution is -2.23. The first-order valence-corrected chi connectivity index (χ1v) is 5.77. The second kappa shape index (κ2) is 6.05. The van der Waals surface area contributed by atoms with Crippen molar-refractivity contribution in [1.29, 1.82) is 5.26 Å². The normalized spacial score (nSPS) is 11.6. The molecule has 1 amide bonds. The summed E-state index contributed by atoms with van der Waals surface area (Å²) in [5.41, 5.74) is 2.16. The van der Waals surface area contributed by atoms with Gasteiger partial charge in [-0.15, -0.1) is 0 Å². The molecule has 0 fully saturated rings. The molecular weight excluding hydrogens is 212 g/mol. The molecule has 0 saturated carbocycles. The highest BCUT2D eigenvalue weighted by molar-refractivity contribution is 5.77. The molecule has 1 aromatic carbocycles. The van der Waals surface area contributed by atoms with E-state index in [1.807, 2.05) is 24.3 Å². The zero-order valence-electron chi connectivity index (χ0n) is 10.6. The zero-order chi connectivity index (χ0) is 12.8. The van der Waals surface area contributed by atoms with E-state index in [1.54, 1.807) is 14.1 Å². The number of carbonyl (C=O) groups is 1. The summed E-state index contributed by atoms with van der Waals surface area (Å²) in [5.74, 6) is -0.369. The number of benzene rings is 1. The SMILES string of the molecule is CCc1ccc(C(C#N)CC(=O)N(C)C)cc1. The number of aryl methyl sites for hydroxylation is 1. The van der Waals surface area contributed by atoms with Gasteiger partial charge in [0.1, 0.15) is 0 Å². The van der Waals surface area contributed by atoms with E-state index < -0.39 is 0 Å². The van der Waals surface area contributed by atoms with Crippen LogP contribution >= 0.6 is 0 Å². The fourth-order valence-corrected chi connectivity index (χ4v) is 1.58. The predicted molar refractivity (Wildman–Crippen MR) is 67.5 cm³/mol. The van der Waals surface area contributed by atoms with E-state index in [1.165, 1.54) is 10.5 Å². The van der Waals surface area contributed by atoms with Gasteiger partial charge in [0.15, 0.2) is 0 Å². The lowest BCUT2D eigenvalue weighted by atomic mass is 9.95. The highest BCUT2D eigenvalue weighted by Gasteiger charge is 2.16. The van der Waals surface area contributed by atoms with Crippen LogP contribution in [-0.4, -0.2) is 24.9 Å². The Morgan fingerprint density at radius 2 is 1.94 bits per heavy atom. The molecule has 1 rings (SSSR count). The molecule has 3 heteroatoms. The van der Waals surface area contributed by atoms with E-state index in [-0.39, 0.29) is 18.2 Å². The highest BCUT2D eigenvalue weighted by Crippen LogP contribution is 2.20. The van der Waals surface area contributed by atoms with Gasteiger partial charge in [-0.25, -0.2) is 0 Å². The Morgan fingerprint density at radius 1 is 1.35 bits per heavy atom. The van der Waals surface area contributed by atoms with Crippen molar-refractivity contribution >= 4 is 5.91 Å². The lowest BCUT2D eigenvalue weighted by molar-refractivity contribution is -0.128. The summed E-state index contributed by atoms with van der Waals surface area (Å²) in [6.07, 6.45) is 1.23. The maximum Gasteiger partial charge on any atom is 0.223 e. The fraction of sp³-hybridized carbons (Fsp3) is 0.429. The van der Waals surface area contributed by atoms with Crippen molar-refractivity contribution in [3.63, 3.8) is 0 Å². The van der Waals surface area contributed by atoms with Crippen LogP contribution in [0.15, 0.2) is 24.3 Å². The summed E-state index contributed by atoms with van der Waals surface area (Å²) in [6.45, 7) is 2.09. The fourth-order valence-electron chi connectivity index (χ4n) is 1.58. The van der Waals surface area contributed by atoms with Gasteiger partial charge in [-0.3, -0.25) is 4.79 Å². The lowest BCUT2D eigenvalue weighted by Gasteiger charge is -2.14. The molecule has 17 heavy (non-hydrogen) atoms. The average molecular weight is 230 g/mol. The Balaban J connectivity index is 2.80. The molecule has 0 aliphatic carbocycles. The summed E-state index contributed by atoms with van der Waals surface area (Å²) < 4.78 is 0. The van der Waals surface area contributed by atoms with Crippen LogP contribution in [0.5, 0.6) is 0 Å². The first-order chi connectivity index (χ1) is 8.08. The molecule has 1 atom stereocenters. The van der Waals surface area contributed by atoms with Crippen molar-refractivity contribution in [2.45, 2.75) is 25.7 Å². The van der Waals surface area contributed by atoms with E-state index in [0.29, 0.717) is 0 Å². The monoisotopic (exact) mass is 230 g/mol. The van der Waals surface area contributed by atoms with Crippen LogP contribution in [0.2, 0.25) is 0 Å². The van der Waals surface area contributed by atoms with Gasteiger partial charge in [-0.05, 0) is 17.5 Å². The van der Waals surface area contributed by atoms with E-state index in [4.69, 9.17) is 5.26 Å². The third-order valence-electron chi connectivity index (χ3n) is 2.82. The minimum Gasteiger partial charge on any atom is -0.349 e. The Kier molecular flexibility index (Phi) is 4.71. The number of nitrogens with zero attached hydrogens (tertiary/aromatic N) is 2. The maximum absolute atomic E-state index is 11.6. The van der Waals surface area contributed by atoms with Crippen LogP contribution in [0.3, 0.4) is 0 Å². The van der Waals surface area contributed by atoms with E-state index >= 15 is 0 Å². The van der Waals surface area contributed by atoms with Gasteiger partial charge in [0.2, 0.25) is 5.91 Å².